The van der Waals surface area contributed by atoms with Crippen molar-refractivity contribution in [2.24, 2.45) is 11.8 Å². The molecule has 0 heterocycles. The lowest BCUT2D eigenvalue weighted by Gasteiger charge is -2.59. The average Bonchev–Trinajstić information content (AvgIpc) is 2.97. The van der Waals surface area contributed by atoms with Gasteiger partial charge in [0.05, 0.1) is 7.11 Å². The van der Waals surface area contributed by atoms with Crippen LogP contribution in [0.15, 0.2) is 98.1 Å². The fourth-order valence-electron chi connectivity index (χ4n) is 5.99. The number of anilines is 1. The van der Waals surface area contributed by atoms with Crippen molar-refractivity contribution in [2.75, 3.05) is 12.4 Å². The summed E-state index contributed by atoms with van der Waals surface area (Å²) in [4.78, 5) is 53.2. The summed E-state index contributed by atoms with van der Waals surface area (Å²) < 4.78 is 17.2. The quantitative estimate of drug-likeness (QED) is 0.326. The molecule has 9 heteroatoms. The van der Waals surface area contributed by atoms with Gasteiger partial charge in [0.1, 0.15) is 17.6 Å². The standard InChI is InChI=1S/C31H25NO8/c1-4-24(33)39-30-20-10-6-8-12-22(20)31(40-25(34)5-2,23-13-9-7-11-21(23)30)27(29(36)37)26(30)28(35)32-18-14-16-19(38-3)17-15-18/h4-17,26-27H,1-2H2,3H3,(H,32,35)(H,36,37). The summed E-state index contributed by atoms with van der Waals surface area (Å²) >= 11 is 0. The number of hydrogen-bond acceptors (Lipinski definition) is 7. The maximum atomic E-state index is 14.2. The van der Waals surface area contributed by atoms with Crippen LogP contribution in [0.4, 0.5) is 5.69 Å². The molecule has 0 aliphatic heterocycles. The molecule has 2 atom stereocenters. The van der Waals surface area contributed by atoms with Gasteiger partial charge in [0.2, 0.25) is 5.91 Å². The van der Waals surface area contributed by atoms with Gasteiger partial charge in [-0.25, -0.2) is 9.59 Å². The molecule has 0 spiro atoms. The number of esters is 2. The largest absolute Gasteiger partial charge is 0.497 e. The molecule has 0 radical (unpaired) electrons. The molecule has 0 saturated heterocycles. The van der Waals surface area contributed by atoms with Crippen molar-refractivity contribution >= 4 is 29.5 Å². The molecule has 40 heavy (non-hydrogen) atoms. The first-order chi connectivity index (χ1) is 19.2. The Morgan fingerprint density at radius 1 is 0.750 bits per heavy atom. The zero-order valence-corrected chi connectivity index (χ0v) is 21.5. The number of amides is 1. The Hall–Kier alpha value is -5.18. The molecule has 9 nitrogen and oxygen atoms in total. The van der Waals surface area contributed by atoms with E-state index >= 15 is 0 Å². The fourth-order valence-corrected chi connectivity index (χ4v) is 5.99. The summed E-state index contributed by atoms with van der Waals surface area (Å²) in [5, 5.41) is 13.5. The first-order valence-corrected chi connectivity index (χ1v) is 12.3. The van der Waals surface area contributed by atoms with Crippen LogP contribution in [0.3, 0.4) is 0 Å². The van der Waals surface area contributed by atoms with Gasteiger partial charge >= 0.3 is 17.9 Å². The Morgan fingerprint density at radius 3 is 1.55 bits per heavy atom. The van der Waals surface area contributed by atoms with Gasteiger partial charge in [-0.15, -0.1) is 0 Å². The Morgan fingerprint density at radius 2 is 1.18 bits per heavy atom. The minimum absolute atomic E-state index is 0.279. The lowest BCUT2D eigenvalue weighted by atomic mass is 9.49. The van der Waals surface area contributed by atoms with Crippen molar-refractivity contribution < 1.29 is 38.5 Å². The molecule has 2 bridgehead atoms. The second-order valence-electron chi connectivity index (χ2n) is 9.32. The van der Waals surface area contributed by atoms with E-state index in [1.807, 2.05) is 0 Å². The summed E-state index contributed by atoms with van der Waals surface area (Å²) in [6, 6.07) is 19.5. The number of carboxylic acids is 1. The van der Waals surface area contributed by atoms with E-state index in [9.17, 15) is 24.3 Å². The van der Waals surface area contributed by atoms with Crippen LogP contribution in [0.25, 0.3) is 0 Å². The van der Waals surface area contributed by atoms with E-state index in [0.29, 0.717) is 22.6 Å². The second-order valence-corrected chi connectivity index (χ2v) is 9.32. The molecule has 3 aromatic carbocycles. The molecule has 6 rings (SSSR count). The SMILES string of the molecule is C=CC(=O)OC12c3ccccc3C(OC(=O)C=C)(c3ccccc31)C(C(=O)Nc1ccc(OC)cc1)C2C(=O)O. The highest BCUT2D eigenvalue weighted by Crippen LogP contribution is 2.65. The summed E-state index contributed by atoms with van der Waals surface area (Å²) in [5.41, 5.74) is -2.32. The van der Waals surface area contributed by atoms with Crippen LogP contribution >= 0.6 is 0 Å². The minimum atomic E-state index is -1.95. The van der Waals surface area contributed by atoms with Crippen LogP contribution in [-0.2, 0) is 39.9 Å². The molecule has 202 valence electrons. The Bertz CT molecular complexity index is 1510. The molecular weight excluding hydrogens is 514 g/mol. The Labute approximate surface area is 229 Å². The van der Waals surface area contributed by atoms with Gasteiger partial charge in [0.15, 0.2) is 11.2 Å². The number of carbonyl (C=O) groups excluding carboxylic acids is 3. The predicted octanol–water partition coefficient (Wildman–Crippen LogP) is 3.92. The third kappa shape index (κ3) is 3.70. The molecule has 2 unspecified atom stereocenters. The maximum absolute atomic E-state index is 14.2. The number of ether oxygens (including phenoxy) is 3. The first-order valence-electron chi connectivity index (χ1n) is 12.3. The topological polar surface area (TPSA) is 128 Å². The number of hydrogen-bond donors (Lipinski definition) is 2. The summed E-state index contributed by atoms with van der Waals surface area (Å²) in [7, 11) is 1.50. The van der Waals surface area contributed by atoms with E-state index in [4.69, 9.17) is 14.2 Å². The second kappa shape index (κ2) is 9.85. The Kier molecular flexibility index (Phi) is 6.51. The fraction of sp³-hybridized carbons (Fsp3) is 0.161. The molecule has 0 fully saturated rings. The number of carboxylic acid groups (broad SMARTS) is 1. The van der Waals surface area contributed by atoms with Gasteiger partial charge in [-0.05, 0) is 24.3 Å². The number of benzene rings is 3. The van der Waals surface area contributed by atoms with Gasteiger partial charge in [0.25, 0.3) is 0 Å². The molecular formula is C31H25NO8. The highest BCUT2D eigenvalue weighted by atomic mass is 16.6. The van der Waals surface area contributed by atoms with Crippen LogP contribution in [0.2, 0.25) is 0 Å². The Balaban J connectivity index is 1.85. The molecule has 0 saturated carbocycles. The van der Waals surface area contributed by atoms with Crippen LogP contribution in [0, 0.1) is 11.8 Å². The molecule has 3 aliphatic rings. The normalized spacial score (nSPS) is 23.5. The monoisotopic (exact) mass is 539 g/mol. The molecule has 3 aliphatic carbocycles. The molecule has 1 amide bonds. The van der Waals surface area contributed by atoms with Crippen molar-refractivity contribution in [1.29, 1.82) is 0 Å². The van der Waals surface area contributed by atoms with Crippen molar-refractivity contribution in [3.63, 3.8) is 0 Å². The van der Waals surface area contributed by atoms with Crippen LogP contribution in [0.5, 0.6) is 5.75 Å². The highest BCUT2D eigenvalue weighted by molar-refractivity contribution is 6.00. The van der Waals surface area contributed by atoms with Gasteiger partial charge in [0, 0.05) is 40.1 Å². The van der Waals surface area contributed by atoms with Crippen LogP contribution < -0.4 is 10.1 Å². The van der Waals surface area contributed by atoms with Crippen molar-refractivity contribution in [3.8, 4) is 5.75 Å². The summed E-state index contributed by atoms with van der Waals surface area (Å²) in [5.74, 6) is -6.70. The number of rotatable bonds is 8. The van der Waals surface area contributed by atoms with Crippen molar-refractivity contribution in [3.05, 3.63) is 120 Å². The van der Waals surface area contributed by atoms with Gasteiger partial charge in [-0.1, -0.05) is 61.7 Å². The van der Waals surface area contributed by atoms with Crippen LogP contribution in [0.1, 0.15) is 22.3 Å². The number of methoxy groups -OCH3 is 1. The maximum Gasteiger partial charge on any atom is 0.331 e. The number of aliphatic carboxylic acids is 1. The van der Waals surface area contributed by atoms with E-state index in [1.54, 1.807) is 72.8 Å². The smallest absolute Gasteiger partial charge is 0.331 e. The third-order valence-corrected chi connectivity index (χ3v) is 7.43. The van der Waals surface area contributed by atoms with E-state index in [0.717, 1.165) is 12.2 Å². The van der Waals surface area contributed by atoms with E-state index < -0.39 is 46.9 Å². The molecule has 3 aromatic rings. The molecule has 0 aromatic heterocycles. The first kappa shape index (κ1) is 26.4. The average molecular weight is 540 g/mol. The number of nitrogens with one attached hydrogen (secondary N) is 1. The minimum Gasteiger partial charge on any atom is -0.497 e. The van der Waals surface area contributed by atoms with Crippen molar-refractivity contribution in [1.82, 2.24) is 0 Å². The number of fused-ring (bicyclic) bond motifs is 1. The van der Waals surface area contributed by atoms with Gasteiger partial charge in [-0.2, -0.15) is 0 Å². The lowest BCUT2D eigenvalue weighted by Crippen LogP contribution is -2.67. The zero-order valence-electron chi connectivity index (χ0n) is 21.5. The van der Waals surface area contributed by atoms with Crippen LogP contribution in [-0.4, -0.2) is 36.0 Å². The van der Waals surface area contributed by atoms with E-state index in [-0.39, 0.29) is 11.1 Å². The van der Waals surface area contributed by atoms with Crippen molar-refractivity contribution in [2.45, 2.75) is 11.2 Å². The predicted molar refractivity (Wildman–Crippen MR) is 143 cm³/mol. The molecule has 2 N–H and O–H groups in total. The third-order valence-electron chi connectivity index (χ3n) is 7.43. The van der Waals surface area contributed by atoms with Gasteiger partial charge in [-0.3, -0.25) is 9.59 Å². The number of carbonyl (C=O) groups is 4. The van der Waals surface area contributed by atoms with E-state index in [1.165, 1.54) is 7.11 Å². The van der Waals surface area contributed by atoms with Gasteiger partial charge < -0.3 is 24.6 Å². The summed E-state index contributed by atoms with van der Waals surface area (Å²) in [6.45, 7) is 6.99. The summed E-state index contributed by atoms with van der Waals surface area (Å²) in [6.07, 6.45) is 1.88. The lowest BCUT2D eigenvalue weighted by molar-refractivity contribution is -0.199. The zero-order chi connectivity index (χ0) is 28.7. The highest BCUT2D eigenvalue weighted by Gasteiger charge is 2.73. The van der Waals surface area contributed by atoms with E-state index in [2.05, 4.69) is 18.5 Å².